The van der Waals surface area contributed by atoms with Crippen molar-refractivity contribution < 1.29 is 12.8 Å². The third-order valence-electron chi connectivity index (χ3n) is 3.04. The van der Waals surface area contributed by atoms with Crippen LogP contribution in [0.1, 0.15) is 11.3 Å². The molecule has 0 saturated heterocycles. The van der Waals surface area contributed by atoms with Crippen molar-refractivity contribution in [1.29, 1.82) is 0 Å². The fourth-order valence-corrected chi connectivity index (χ4v) is 3.45. The minimum atomic E-state index is -3.56. The van der Waals surface area contributed by atoms with Crippen molar-refractivity contribution in [1.82, 2.24) is 4.31 Å². The number of furan rings is 1. The first-order valence-corrected chi connectivity index (χ1v) is 8.10. The van der Waals surface area contributed by atoms with Gasteiger partial charge in [-0.2, -0.15) is 4.31 Å². The summed E-state index contributed by atoms with van der Waals surface area (Å²) in [6, 6.07) is 6.33. The van der Waals surface area contributed by atoms with Gasteiger partial charge in [-0.15, -0.1) is 0 Å². The summed E-state index contributed by atoms with van der Waals surface area (Å²) in [5.74, 6) is 0.713. The average Bonchev–Trinajstić information content (AvgIpc) is 2.78. The summed E-state index contributed by atoms with van der Waals surface area (Å²) in [6.07, 6.45) is 1.55. The Balaban J connectivity index is 2.29. The molecule has 0 spiro atoms. The number of halogens is 1. The quantitative estimate of drug-likeness (QED) is 0.852. The Bertz CT molecular complexity index is 725. The van der Waals surface area contributed by atoms with E-state index in [0.717, 1.165) is 5.56 Å². The number of hydrogen-bond acceptors (Lipinski definition) is 4. The molecule has 1 aromatic carbocycles. The van der Waals surface area contributed by atoms with Gasteiger partial charge in [0.25, 0.3) is 0 Å². The predicted octanol–water partition coefficient (Wildman–Crippen LogP) is 2.75. The second-order valence-corrected chi connectivity index (χ2v) is 7.35. The van der Waals surface area contributed by atoms with Crippen LogP contribution < -0.4 is 5.73 Å². The molecule has 2 rings (SSSR count). The van der Waals surface area contributed by atoms with Gasteiger partial charge in [0, 0.05) is 29.3 Å². The zero-order valence-electron chi connectivity index (χ0n) is 11.1. The van der Waals surface area contributed by atoms with E-state index in [1.807, 2.05) is 0 Å². The SMILES string of the molecule is Cc1occc1CN(C)S(=O)(=O)c1ccc(N)c(Br)c1. The number of aryl methyl sites for hydroxylation is 1. The molecule has 5 nitrogen and oxygen atoms in total. The number of sulfonamides is 1. The van der Waals surface area contributed by atoms with Crippen LogP contribution in [0.2, 0.25) is 0 Å². The van der Waals surface area contributed by atoms with Crippen LogP contribution in [0.15, 0.2) is 44.3 Å². The summed E-state index contributed by atoms with van der Waals surface area (Å²) >= 11 is 3.24. The number of hydrogen-bond donors (Lipinski definition) is 1. The normalized spacial score (nSPS) is 12.0. The number of rotatable bonds is 4. The lowest BCUT2D eigenvalue weighted by atomic mass is 10.3. The van der Waals surface area contributed by atoms with Crippen molar-refractivity contribution in [3.63, 3.8) is 0 Å². The van der Waals surface area contributed by atoms with E-state index >= 15 is 0 Å². The van der Waals surface area contributed by atoms with Crippen molar-refractivity contribution in [3.05, 3.63) is 46.3 Å². The van der Waals surface area contributed by atoms with E-state index in [1.54, 1.807) is 25.3 Å². The van der Waals surface area contributed by atoms with E-state index in [1.165, 1.54) is 23.5 Å². The smallest absolute Gasteiger partial charge is 0.243 e. The molecule has 2 aromatic rings. The van der Waals surface area contributed by atoms with Crippen molar-refractivity contribution in [3.8, 4) is 0 Å². The molecule has 0 atom stereocenters. The molecule has 1 aromatic heterocycles. The molecular weight excluding hydrogens is 344 g/mol. The molecule has 20 heavy (non-hydrogen) atoms. The summed E-state index contributed by atoms with van der Waals surface area (Å²) in [7, 11) is -2.03. The lowest BCUT2D eigenvalue weighted by Crippen LogP contribution is -2.26. The van der Waals surface area contributed by atoms with E-state index in [-0.39, 0.29) is 11.4 Å². The minimum absolute atomic E-state index is 0.197. The van der Waals surface area contributed by atoms with Gasteiger partial charge in [-0.3, -0.25) is 0 Å². The molecule has 0 aliphatic heterocycles. The molecule has 0 amide bonds. The summed E-state index contributed by atoms with van der Waals surface area (Å²) < 4.78 is 31.9. The molecule has 0 unspecified atom stereocenters. The Morgan fingerprint density at radius 2 is 2.05 bits per heavy atom. The van der Waals surface area contributed by atoms with Crippen LogP contribution in [-0.4, -0.2) is 19.8 Å². The van der Waals surface area contributed by atoms with Gasteiger partial charge < -0.3 is 10.2 Å². The van der Waals surface area contributed by atoms with Crippen molar-refractivity contribution in [2.45, 2.75) is 18.4 Å². The first kappa shape index (κ1) is 15.1. The van der Waals surface area contributed by atoms with E-state index in [2.05, 4.69) is 15.9 Å². The topological polar surface area (TPSA) is 76.5 Å². The number of nitrogens with two attached hydrogens (primary N) is 1. The lowest BCUT2D eigenvalue weighted by Gasteiger charge is -2.17. The lowest BCUT2D eigenvalue weighted by molar-refractivity contribution is 0.459. The molecule has 2 N–H and O–H groups in total. The molecule has 0 fully saturated rings. The van der Waals surface area contributed by atoms with Crippen LogP contribution in [0.3, 0.4) is 0 Å². The monoisotopic (exact) mass is 358 g/mol. The van der Waals surface area contributed by atoms with Crippen molar-refractivity contribution >= 4 is 31.6 Å². The van der Waals surface area contributed by atoms with Crippen molar-refractivity contribution in [2.75, 3.05) is 12.8 Å². The van der Waals surface area contributed by atoms with Crippen LogP contribution in [0.5, 0.6) is 0 Å². The number of benzene rings is 1. The maximum absolute atomic E-state index is 12.5. The minimum Gasteiger partial charge on any atom is -0.469 e. The third kappa shape index (κ3) is 2.89. The van der Waals surface area contributed by atoms with Gasteiger partial charge >= 0.3 is 0 Å². The fraction of sp³-hybridized carbons (Fsp3) is 0.231. The van der Waals surface area contributed by atoms with E-state index in [4.69, 9.17) is 10.2 Å². The summed E-state index contributed by atoms with van der Waals surface area (Å²) in [6.45, 7) is 2.06. The van der Waals surface area contributed by atoms with E-state index in [9.17, 15) is 8.42 Å². The third-order valence-corrected chi connectivity index (χ3v) is 5.53. The maximum atomic E-state index is 12.5. The summed E-state index contributed by atoms with van der Waals surface area (Å²) in [4.78, 5) is 0.197. The zero-order valence-corrected chi connectivity index (χ0v) is 13.5. The summed E-state index contributed by atoms with van der Waals surface area (Å²) in [5.41, 5.74) is 7.01. The average molecular weight is 359 g/mol. The van der Waals surface area contributed by atoms with Gasteiger partial charge in [-0.1, -0.05) is 0 Å². The Labute approximate surface area is 126 Å². The fourth-order valence-electron chi connectivity index (χ4n) is 1.75. The predicted molar refractivity (Wildman–Crippen MR) is 80.7 cm³/mol. The van der Waals surface area contributed by atoms with Gasteiger partial charge in [0.15, 0.2) is 0 Å². The van der Waals surface area contributed by atoms with Gasteiger partial charge in [0.1, 0.15) is 5.76 Å². The van der Waals surface area contributed by atoms with Gasteiger partial charge in [0.2, 0.25) is 10.0 Å². The molecule has 1 heterocycles. The highest BCUT2D eigenvalue weighted by molar-refractivity contribution is 9.10. The number of nitrogens with zero attached hydrogens (tertiary/aromatic N) is 1. The molecule has 7 heteroatoms. The second-order valence-electron chi connectivity index (χ2n) is 4.45. The molecule has 0 saturated carbocycles. The van der Waals surface area contributed by atoms with Crippen molar-refractivity contribution in [2.24, 2.45) is 0 Å². The zero-order chi connectivity index (χ0) is 14.9. The highest BCUT2D eigenvalue weighted by Crippen LogP contribution is 2.25. The molecule has 0 aliphatic rings. The molecule has 0 radical (unpaired) electrons. The molecule has 0 bridgehead atoms. The number of nitrogen functional groups attached to an aromatic ring is 1. The molecule has 108 valence electrons. The van der Waals surface area contributed by atoms with E-state index < -0.39 is 10.0 Å². The van der Waals surface area contributed by atoms with E-state index in [0.29, 0.717) is 15.9 Å². The van der Waals surface area contributed by atoms with Crippen LogP contribution in [0.25, 0.3) is 0 Å². The first-order valence-electron chi connectivity index (χ1n) is 5.86. The van der Waals surface area contributed by atoms with Gasteiger partial charge in [-0.25, -0.2) is 8.42 Å². The first-order chi connectivity index (χ1) is 9.32. The van der Waals surface area contributed by atoms with Crippen LogP contribution in [0, 0.1) is 6.92 Å². The Morgan fingerprint density at radius 1 is 1.35 bits per heavy atom. The van der Waals surface area contributed by atoms with Gasteiger partial charge in [-0.05, 0) is 47.1 Å². The van der Waals surface area contributed by atoms with Crippen LogP contribution >= 0.6 is 15.9 Å². The standard InChI is InChI=1S/C13H15BrN2O3S/c1-9-10(5-6-19-9)8-16(2)20(17,18)11-3-4-13(15)12(14)7-11/h3-7H,8,15H2,1-2H3. The highest BCUT2D eigenvalue weighted by atomic mass is 79.9. The molecular formula is C13H15BrN2O3S. The summed E-state index contributed by atoms with van der Waals surface area (Å²) in [5, 5.41) is 0. The molecule has 0 aliphatic carbocycles. The Hall–Kier alpha value is -1.31. The largest absolute Gasteiger partial charge is 0.469 e. The highest BCUT2D eigenvalue weighted by Gasteiger charge is 2.22. The van der Waals surface area contributed by atoms with Crippen LogP contribution in [-0.2, 0) is 16.6 Å². The second kappa shape index (κ2) is 5.59. The van der Waals surface area contributed by atoms with Crippen LogP contribution in [0.4, 0.5) is 5.69 Å². The Morgan fingerprint density at radius 3 is 2.60 bits per heavy atom. The number of anilines is 1. The Kier molecular flexibility index (Phi) is 4.22. The van der Waals surface area contributed by atoms with Gasteiger partial charge in [0.05, 0.1) is 11.2 Å². The maximum Gasteiger partial charge on any atom is 0.243 e.